The zero-order chi connectivity index (χ0) is 17.8. The van der Waals surface area contributed by atoms with Crippen LogP contribution in [0.1, 0.15) is 34.5 Å². The maximum atomic E-state index is 13.0. The SMILES string of the molecule is Cc1ccc([C@H](C)NC(=O)c2ccc(-c3ccc(F)cc3)nc2)cc1. The van der Waals surface area contributed by atoms with Crippen molar-refractivity contribution in [3.8, 4) is 11.3 Å². The molecule has 1 atom stereocenters. The zero-order valence-corrected chi connectivity index (χ0v) is 14.2. The number of benzene rings is 2. The van der Waals surface area contributed by atoms with Gasteiger partial charge in [0.2, 0.25) is 0 Å². The number of nitrogens with zero attached hydrogens (tertiary/aromatic N) is 1. The highest BCUT2D eigenvalue weighted by atomic mass is 19.1. The number of nitrogens with one attached hydrogen (secondary N) is 1. The van der Waals surface area contributed by atoms with Crippen molar-refractivity contribution >= 4 is 5.91 Å². The summed E-state index contributed by atoms with van der Waals surface area (Å²) in [5.41, 5.74) is 4.23. The summed E-state index contributed by atoms with van der Waals surface area (Å²) in [6, 6.07) is 17.6. The predicted molar refractivity (Wildman–Crippen MR) is 96.7 cm³/mol. The molecule has 0 radical (unpaired) electrons. The molecule has 126 valence electrons. The molecule has 3 rings (SSSR count). The Kier molecular flexibility index (Phi) is 4.89. The van der Waals surface area contributed by atoms with Gasteiger partial charge < -0.3 is 5.32 Å². The van der Waals surface area contributed by atoms with E-state index in [-0.39, 0.29) is 17.8 Å². The minimum atomic E-state index is -0.287. The van der Waals surface area contributed by atoms with E-state index in [1.807, 2.05) is 38.1 Å². The Labute approximate surface area is 146 Å². The number of aromatic nitrogens is 1. The van der Waals surface area contributed by atoms with Crippen LogP contribution in [0.15, 0.2) is 66.9 Å². The first-order chi connectivity index (χ1) is 12.0. The summed E-state index contributed by atoms with van der Waals surface area (Å²) in [5.74, 6) is -0.462. The lowest BCUT2D eigenvalue weighted by Gasteiger charge is -2.14. The van der Waals surface area contributed by atoms with Crippen molar-refractivity contribution in [2.24, 2.45) is 0 Å². The van der Waals surface area contributed by atoms with E-state index in [9.17, 15) is 9.18 Å². The summed E-state index contributed by atoms with van der Waals surface area (Å²) in [7, 11) is 0. The number of pyridine rings is 1. The quantitative estimate of drug-likeness (QED) is 0.752. The van der Waals surface area contributed by atoms with Crippen molar-refractivity contribution in [1.29, 1.82) is 0 Å². The van der Waals surface area contributed by atoms with Gasteiger partial charge in [-0.15, -0.1) is 0 Å². The van der Waals surface area contributed by atoms with E-state index >= 15 is 0 Å². The maximum absolute atomic E-state index is 13.0. The molecule has 1 aromatic heterocycles. The Morgan fingerprint density at radius 3 is 2.28 bits per heavy atom. The van der Waals surface area contributed by atoms with Gasteiger partial charge >= 0.3 is 0 Å². The minimum Gasteiger partial charge on any atom is -0.345 e. The second-order valence-corrected chi connectivity index (χ2v) is 6.04. The van der Waals surface area contributed by atoms with Crippen molar-refractivity contribution in [3.05, 3.63) is 89.4 Å². The van der Waals surface area contributed by atoms with Gasteiger partial charge in [-0.1, -0.05) is 29.8 Å². The second kappa shape index (κ2) is 7.26. The topological polar surface area (TPSA) is 42.0 Å². The van der Waals surface area contributed by atoms with Gasteiger partial charge in [0.15, 0.2) is 0 Å². The van der Waals surface area contributed by atoms with Crippen molar-refractivity contribution in [1.82, 2.24) is 10.3 Å². The van der Waals surface area contributed by atoms with Crippen molar-refractivity contribution in [2.75, 3.05) is 0 Å². The molecule has 0 unspecified atom stereocenters. The van der Waals surface area contributed by atoms with Gasteiger partial charge in [0, 0.05) is 11.8 Å². The lowest BCUT2D eigenvalue weighted by molar-refractivity contribution is 0.0939. The molecule has 3 nitrogen and oxygen atoms in total. The average Bonchev–Trinajstić information content (AvgIpc) is 2.63. The smallest absolute Gasteiger partial charge is 0.253 e. The predicted octanol–water partition coefficient (Wildman–Crippen LogP) is 4.69. The van der Waals surface area contributed by atoms with Gasteiger partial charge in [0.05, 0.1) is 17.3 Å². The van der Waals surface area contributed by atoms with Crippen LogP contribution >= 0.6 is 0 Å². The van der Waals surface area contributed by atoms with Crippen molar-refractivity contribution in [3.63, 3.8) is 0 Å². The van der Waals surface area contributed by atoms with Crippen LogP contribution in [0.3, 0.4) is 0 Å². The number of carbonyl (C=O) groups excluding carboxylic acids is 1. The molecule has 25 heavy (non-hydrogen) atoms. The summed E-state index contributed by atoms with van der Waals surface area (Å²) in [5, 5.41) is 2.97. The average molecular weight is 334 g/mol. The Bertz CT molecular complexity index is 856. The summed E-state index contributed by atoms with van der Waals surface area (Å²) in [4.78, 5) is 16.7. The molecule has 0 aliphatic rings. The Morgan fingerprint density at radius 2 is 1.68 bits per heavy atom. The molecule has 0 fully saturated rings. The van der Waals surface area contributed by atoms with Gasteiger partial charge in [-0.25, -0.2) is 4.39 Å². The first-order valence-electron chi connectivity index (χ1n) is 8.12. The van der Waals surface area contributed by atoms with Gasteiger partial charge in [-0.05, 0) is 55.8 Å². The molecule has 0 spiro atoms. The number of amides is 1. The standard InChI is InChI=1S/C21H19FN2O/c1-14-3-5-16(6-4-14)15(2)24-21(25)18-9-12-20(23-13-18)17-7-10-19(22)11-8-17/h3-13,15H,1-2H3,(H,24,25)/t15-/m0/s1. The molecule has 0 aliphatic carbocycles. The van der Waals surface area contributed by atoms with Crippen molar-refractivity contribution in [2.45, 2.75) is 19.9 Å². The fourth-order valence-electron chi connectivity index (χ4n) is 2.54. The summed E-state index contributed by atoms with van der Waals surface area (Å²) in [6.07, 6.45) is 1.54. The normalized spacial score (nSPS) is 11.8. The van der Waals surface area contributed by atoms with Crippen LogP contribution < -0.4 is 5.32 Å². The monoisotopic (exact) mass is 334 g/mol. The molecule has 1 amide bonds. The van der Waals surface area contributed by atoms with Gasteiger partial charge in [-0.3, -0.25) is 9.78 Å². The third-order valence-corrected chi connectivity index (χ3v) is 4.09. The van der Waals surface area contributed by atoms with E-state index in [4.69, 9.17) is 0 Å². The molecule has 0 bridgehead atoms. The van der Waals surface area contributed by atoms with Crippen LogP contribution in [0.4, 0.5) is 4.39 Å². The van der Waals surface area contributed by atoms with E-state index in [0.29, 0.717) is 11.3 Å². The fourth-order valence-corrected chi connectivity index (χ4v) is 2.54. The molecule has 1 heterocycles. The lowest BCUT2D eigenvalue weighted by atomic mass is 10.1. The number of carbonyl (C=O) groups is 1. The van der Waals surface area contributed by atoms with E-state index in [1.165, 1.54) is 23.9 Å². The van der Waals surface area contributed by atoms with Crippen LogP contribution in [0, 0.1) is 12.7 Å². The molecule has 0 saturated carbocycles. The Balaban J connectivity index is 1.70. The molecular formula is C21H19FN2O. The van der Waals surface area contributed by atoms with E-state index in [2.05, 4.69) is 10.3 Å². The number of rotatable bonds is 4. The first-order valence-corrected chi connectivity index (χ1v) is 8.12. The molecule has 1 N–H and O–H groups in total. The third-order valence-electron chi connectivity index (χ3n) is 4.09. The Morgan fingerprint density at radius 1 is 1.00 bits per heavy atom. The summed E-state index contributed by atoms with van der Waals surface area (Å²) >= 11 is 0. The molecule has 0 saturated heterocycles. The minimum absolute atomic E-state index is 0.0927. The molecule has 2 aromatic carbocycles. The molecular weight excluding hydrogens is 315 g/mol. The first kappa shape index (κ1) is 16.8. The molecule has 0 aliphatic heterocycles. The van der Waals surface area contributed by atoms with E-state index in [0.717, 1.165) is 11.1 Å². The summed E-state index contributed by atoms with van der Waals surface area (Å²) < 4.78 is 13.0. The maximum Gasteiger partial charge on any atom is 0.253 e. The summed E-state index contributed by atoms with van der Waals surface area (Å²) in [6.45, 7) is 3.98. The van der Waals surface area contributed by atoms with E-state index in [1.54, 1.807) is 24.3 Å². The molecule has 4 heteroatoms. The highest BCUT2D eigenvalue weighted by molar-refractivity contribution is 5.94. The highest BCUT2D eigenvalue weighted by Gasteiger charge is 2.12. The van der Waals surface area contributed by atoms with Crippen LogP contribution in [-0.2, 0) is 0 Å². The number of hydrogen-bond acceptors (Lipinski definition) is 2. The van der Waals surface area contributed by atoms with Gasteiger partial charge in [-0.2, -0.15) is 0 Å². The van der Waals surface area contributed by atoms with Crippen LogP contribution in [0.5, 0.6) is 0 Å². The second-order valence-electron chi connectivity index (χ2n) is 6.04. The number of aryl methyl sites for hydroxylation is 1. The largest absolute Gasteiger partial charge is 0.345 e. The van der Waals surface area contributed by atoms with Crippen LogP contribution in [0.2, 0.25) is 0 Å². The highest BCUT2D eigenvalue weighted by Crippen LogP contribution is 2.18. The van der Waals surface area contributed by atoms with Crippen molar-refractivity contribution < 1.29 is 9.18 Å². The van der Waals surface area contributed by atoms with E-state index < -0.39 is 0 Å². The van der Waals surface area contributed by atoms with Crippen LogP contribution in [0.25, 0.3) is 11.3 Å². The molecule has 3 aromatic rings. The third kappa shape index (κ3) is 4.10. The number of hydrogen-bond donors (Lipinski definition) is 1. The zero-order valence-electron chi connectivity index (χ0n) is 14.2. The lowest BCUT2D eigenvalue weighted by Crippen LogP contribution is -2.26. The fraction of sp³-hybridized carbons (Fsp3) is 0.143. The van der Waals surface area contributed by atoms with Gasteiger partial charge in [0.1, 0.15) is 5.82 Å². The number of halogens is 1. The van der Waals surface area contributed by atoms with Crippen LogP contribution in [-0.4, -0.2) is 10.9 Å². The Hall–Kier alpha value is -3.01. The van der Waals surface area contributed by atoms with Gasteiger partial charge in [0.25, 0.3) is 5.91 Å².